The predicted octanol–water partition coefficient (Wildman–Crippen LogP) is 6.45. The van der Waals surface area contributed by atoms with Crippen LogP contribution < -0.4 is 29.8 Å². The van der Waals surface area contributed by atoms with Crippen LogP contribution >= 0.6 is 0 Å². The van der Waals surface area contributed by atoms with Gasteiger partial charge >= 0.3 is 0 Å². The van der Waals surface area contributed by atoms with Gasteiger partial charge in [-0.25, -0.2) is 0 Å². The van der Waals surface area contributed by atoms with Gasteiger partial charge in [0.05, 0.1) is 40.5 Å². The molecule has 0 saturated heterocycles. The van der Waals surface area contributed by atoms with E-state index in [4.69, 9.17) is 23.8 Å². The predicted molar refractivity (Wildman–Crippen MR) is 205 cm³/mol. The van der Waals surface area contributed by atoms with E-state index in [1.54, 1.807) is 38.5 Å². The quantitative estimate of drug-likeness (QED) is 0.0839. The summed E-state index contributed by atoms with van der Waals surface area (Å²) in [6.45, 7) is 9.76. The number of hydrogen-bond donors (Lipinski definition) is 1. The first-order valence-electron chi connectivity index (χ1n) is 17.8. The van der Waals surface area contributed by atoms with Gasteiger partial charge in [0.15, 0.2) is 33.9 Å². The first kappa shape index (κ1) is 38.7. The van der Waals surface area contributed by atoms with E-state index in [1.165, 1.54) is 32.8 Å². The number of rotatable bonds is 15. The Morgan fingerprint density at radius 2 is 1.02 bits per heavy atom. The number of ether oxygens (including phenoxy) is 4. The number of methoxy groups -OCH3 is 2. The molecule has 2 fully saturated rings. The smallest absolute Gasteiger partial charge is 0.182 e. The number of benzene rings is 2. The molecule has 2 aliphatic carbocycles. The van der Waals surface area contributed by atoms with Gasteiger partial charge in [0, 0.05) is 58.2 Å². The summed E-state index contributed by atoms with van der Waals surface area (Å²) in [5.41, 5.74) is 6.23. The zero-order chi connectivity index (χ0) is 38.1. The number of hydrogen-bond acceptors (Lipinski definition) is 10. The Hall–Kier alpha value is -5.52. The molecular weight excluding hydrogens is 676 g/mol. The summed E-state index contributed by atoms with van der Waals surface area (Å²) in [6, 6.07) is 17.6. The highest BCUT2D eigenvalue weighted by Gasteiger charge is 2.24. The van der Waals surface area contributed by atoms with Crippen LogP contribution in [0.5, 0.6) is 23.0 Å². The number of pyridine rings is 2. The van der Waals surface area contributed by atoms with E-state index >= 15 is 0 Å². The average Bonchev–Trinajstić information content (AvgIpc) is 4.07. The molecule has 2 heterocycles. The van der Waals surface area contributed by atoms with Crippen molar-refractivity contribution in [3.8, 4) is 23.0 Å². The van der Waals surface area contributed by atoms with Gasteiger partial charge in [-0.3, -0.25) is 9.59 Å². The minimum absolute atomic E-state index is 0.00619. The van der Waals surface area contributed by atoms with Crippen molar-refractivity contribution < 1.29 is 29.0 Å². The largest absolute Gasteiger partial charge is 0.493 e. The van der Waals surface area contributed by atoms with Crippen LogP contribution in [-0.4, -0.2) is 60.3 Å². The fourth-order valence-corrected chi connectivity index (χ4v) is 5.96. The fourth-order valence-electron chi connectivity index (χ4n) is 5.96. The van der Waals surface area contributed by atoms with Crippen molar-refractivity contribution in [2.45, 2.75) is 66.5 Å². The standard InChI is InChI=1S/C21H26N2O4.C20H24N2O4/c1-14-9-18(24)10-15(2)23(14)12-19(22-26-4)17-7-8-20(25-3)21(11-17)27-13-16-5-6-16;1-13-8-17(23)9-14(2)22(13)11-18(21-24)16-6-7-19(25-3)20(10-16)26-12-15-4-5-15/h7-11,16H,5-6,12-13H2,1-4H3;6-10,15,24H,4-5,11-12H2,1-3H3/b22-19+;21-18+. The summed E-state index contributed by atoms with van der Waals surface area (Å²) in [5.74, 6) is 3.98. The topological polar surface area (TPSA) is 135 Å². The third kappa shape index (κ3) is 10.5. The van der Waals surface area contributed by atoms with Crippen molar-refractivity contribution >= 4 is 11.4 Å². The van der Waals surface area contributed by atoms with Crippen LogP contribution in [0.25, 0.3) is 0 Å². The lowest BCUT2D eigenvalue weighted by atomic mass is 10.1. The van der Waals surface area contributed by atoms with Crippen LogP contribution in [-0.2, 0) is 17.9 Å². The van der Waals surface area contributed by atoms with Gasteiger partial charge < -0.3 is 38.1 Å². The van der Waals surface area contributed by atoms with Crippen LogP contribution in [0.2, 0.25) is 0 Å². The van der Waals surface area contributed by atoms with Gasteiger partial charge in [-0.15, -0.1) is 0 Å². The number of aryl methyl sites for hydroxylation is 4. The van der Waals surface area contributed by atoms with E-state index in [0.29, 0.717) is 66.8 Å². The van der Waals surface area contributed by atoms with Crippen LogP contribution in [0.4, 0.5) is 0 Å². The van der Waals surface area contributed by atoms with Crippen LogP contribution in [0.3, 0.4) is 0 Å². The molecule has 0 amide bonds. The lowest BCUT2D eigenvalue weighted by molar-refractivity contribution is 0.212. The van der Waals surface area contributed by atoms with Gasteiger partial charge in [0.1, 0.15) is 18.5 Å². The maximum atomic E-state index is 11.7. The summed E-state index contributed by atoms with van der Waals surface area (Å²) in [4.78, 5) is 28.4. The van der Waals surface area contributed by atoms with Gasteiger partial charge in [-0.05, 0) is 102 Å². The molecule has 0 radical (unpaired) electrons. The maximum absolute atomic E-state index is 11.7. The lowest BCUT2D eigenvalue weighted by Gasteiger charge is -2.17. The fraction of sp³-hybridized carbons (Fsp3) is 0.415. The Morgan fingerprint density at radius 1 is 0.623 bits per heavy atom. The molecule has 0 unspecified atom stereocenters. The molecule has 282 valence electrons. The summed E-state index contributed by atoms with van der Waals surface area (Å²) in [7, 11) is 4.77. The van der Waals surface area contributed by atoms with Gasteiger partial charge in [-0.2, -0.15) is 0 Å². The van der Waals surface area contributed by atoms with E-state index < -0.39 is 0 Å². The Labute approximate surface area is 310 Å². The molecular formula is C41H50N4O8. The number of aromatic nitrogens is 2. The second-order valence-electron chi connectivity index (χ2n) is 13.6. The first-order valence-corrected chi connectivity index (χ1v) is 17.8. The van der Waals surface area contributed by atoms with Crippen molar-refractivity contribution in [1.29, 1.82) is 0 Å². The van der Waals surface area contributed by atoms with E-state index in [2.05, 4.69) is 10.3 Å². The third-order valence-electron chi connectivity index (χ3n) is 9.38. The molecule has 0 atom stereocenters. The summed E-state index contributed by atoms with van der Waals surface area (Å²) < 4.78 is 26.6. The summed E-state index contributed by atoms with van der Waals surface area (Å²) in [5, 5.41) is 17.3. The lowest BCUT2D eigenvalue weighted by Crippen LogP contribution is -2.19. The molecule has 2 aromatic heterocycles. The molecule has 12 heteroatoms. The van der Waals surface area contributed by atoms with Crippen LogP contribution in [0.1, 0.15) is 59.6 Å². The molecule has 6 rings (SSSR count). The molecule has 2 aromatic carbocycles. The van der Waals surface area contributed by atoms with Crippen molar-refractivity contribution in [3.63, 3.8) is 0 Å². The molecule has 2 aliphatic rings. The zero-order valence-corrected chi connectivity index (χ0v) is 31.7. The van der Waals surface area contributed by atoms with Crippen molar-refractivity contribution in [3.05, 3.63) is 115 Å². The minimum Gasteiger partial charge on any atom is -0.493 e. The average molecular weight is 727 g/mol. The highest BCUT2D eigenvalue weighted by atomic mass is 16.6. The van der Waals surface area contributed by atoms with E-state index in [1.807, 2.05) is 73.2 Å². The van der Waals surface area contributed by atoms with E-state index in [9.17, 15) is 14.8 Å². The Bertz CT molecular complexity index is 2020. The monoisotopic (exact) mass is 726 g/mol. The van der Waals surface area contributed by atoms with Crippen LogP contribution in [0.15, 0.2) is 80.6 Å². The molecule has 2 saturated carbocycles. The van der Waals surface area contributed by atoms with E-state index in [0.717, 1.165) is 39.6 Å². The molecule has 0 spiro atoms. The number of oxime groups is 2. The van der Waals surface area contributed by atoms with Crippen molar-refractivity contribution in [2.24, 2.45) is 22.1 Å². The molecule has 0 bridgehead atoms. The highest BCUT2D eigenvalue weighted by Crippen LogP contribution is 2.35. The SMILES string of the molecule is CO/N=C(\Cn1c(C)cc(=O)cc1C)c1ccc(OC)c(OCC2CC2)c1.COc1ccc(/C(Cn2c(C)cc(=O)cc2C)=N/O)cc1OCC1CC1. The van der Waals surface area contributed by atoms with Crippen molar-refractivity contribution in [1.82, 2.24) is 9.13 Å². The Morgan fingerprint density at radius 3 is 1.38 bits per heavy atom. The highest BCUT2D eigenvalue weighted by molar-refractivity contribution is 6.01. The Balaban J connectivity index is 0.000000204. The molecule has 12 nitrogen and oxygen atoms in total. The molecule has 0 aliphatic heterocycles. The summed E-state index contributed by atoms with van der Waals surface area (Å²) in [6.07, 6.45) is 4.86. The first-order chi connectivity index (χ1) is 25.5. The van der Waals surface area contributed by atoms with Crippen LogP contribution in [0, 0.1) is 39.5 Å². The maximum Gasteiger partial charge on any atom is 0.182 e. The normalized spacial score (nSPS) is 14.2. The minimum atomic E-state index is -0.0288. The third-order valence-corrected chi connectivity index (χ3v) is 9.38. The second kappa shape index (κ2) is 17.8. The van der Waals surface area contributed by atoms with Crippen molar-refractivity contribution in [2.75, 3.05) is 34.5 Å². The van der Waals surface area contributed by atoms with Gasteiger partial charge in [0.2, 0.25) is 0 Å². The second-order valence-corrected chi connectivity index (χ2v) is 13.6. The van der Waals surface area contributed by atoms with E-state index in [-0.39, 0.29) is 10.9 Å². The van der Waals surface area contributed by atoms with Gasteiger partial charge in [-0.1, -0.05) is 10.3 Å². The molecule has 4 aromatic rings. The zero-order valence-electron chi connectivity index (χ0n) is 31.7. The van der Waals surface area contributed by atoms with Gasteiger partial charge in [0.25, 0.3) is 0 Å². The molecule has 53 heavy (non-hydrogen) atoms. The summed E-state index contributed by atoms with van der Waals surface area (Å²) >= 11 is 0. The Kier molecular flexibility index (Phi) is 13.0. The number of nitrogens with zero attached hydrogens (tertiary/aromatic N) is 4. The molecule has 1 N–H and O–H groups in total.